The van der Waals surface area contributed by atoms with Gasteiger partial charge in [-0.05, 0) is 50.3 Å². The van der Waals surface area contributed by atoms with Gasteiger partial charge < -0.3 is 9.64 Å². The summed E-state index contributed by atoms with van der Waals surface area (Å²) in [5.41, 5.74) is 1.09. The van der Waals surface area contributed by atoms with E-state index in [9.17, 15) is 9.59 Å². The van der Waals surface area contributed by atoms with E-state index in [0.29, 0.717) is 19.1 Å². The molecule has 0 N–H and O–H groups in total. The molecule has 0 bridgehead atoms. The van der Waals surface area contributed by atoms with E-state index in [2.05, 4.69) is 5.10 Å². The summed E-state index contributed by atoms with van der Waals surface area (Å²) in [5.74, 6) is 1.87. The van der Waals surface area contributed by atoms with Crippen molar-refractivity contribution in [2.24, 2.45) is 7.05 Å². The minimum absolute atomic E-state index is 0.00978. The molecule has 27 heavy (non-hydrogen) atoms. The zero-order valence-corrected chi connectivity index (χ0v) is 15.9. The molecular weight excluding hydrogens is 344 g/mol. The maximum absolute atomic E-state index is 12.5. The Bertz CT molecular complexity index is 889. The summed E-state index contributed by atoms with van der Waals surface area (Å²) in [5, 5.41) is 4.49. The second-order valence-corrected chi connectivity index (χ2v) is 7.63. The number of aryl methyl sites for hydroxylation is 2. The molecule has 1 aliphatic carbocycles. The Hall–Kier alpha value is -2.57. The van der Waals surface area contributed by atoms with Crippen LogP contribution in [-0.2, 0) is 11.8 Å². The monoisotopic (exact) mass is 370 g/mol. The molecular formula is C20H26N4O3. The molecule has 144 valence electrons. The molecule has 0 unspecified atom stereocenters. The van der Waals surface area contributed by atoms with E-state index in [4.69, 9.17) is 4.74 Å². The summed E-state index contributed by atoms with van der Waals surface area (Å²) in [6.07, 6.45) is 3.79. The van der Waals surface area contributed by atoms with Gasteiger partial charge in [-0.2, -0.15) is 5.10 Å². The quantitative estimate of drug-likeness (QED) is 0.807. The summed E-state index contributed by atoms with van der Waals surface area (Å²) in [7, 11) is 1.71. The number of hydrogen-bond acceptors (Lipinski definition) is 4. The molecule has 2 aliphatic rings. The van der Waals surface area contributed by atoms with Crippen molar-refractivity contribution >= 4 is 5.91 Å². The average molecular weight is 370 g/mol. The molecule has 1 saturated heterocycles. The Morgan fingerprint density at radius 1 is 1.22 bits per heavy atom. The lowest BCUT2D eigenvalue weighted by atomic mass is 9.96. The molecule has 0 radical (unpaired) electrons. The van der Waals surface area contributed by atoms with Gasteiger partial charge in [0, 0.05) is 32.1 Å². The van der Waals surface area contributed by atoms with Crippen LogP contribution >= 0.6 is 0 Å². The van der Waals surface area contributed by atoms with Crippen LogP contribution in [-0.4, -0.2) is 44.9 Å². The van der Waals surface area contributed by atoms with E-state index >= 15 is 0 Å². The van der Waals surface area contributed by atoms with Gasteiger partial charge in [0.2, 0.25) is 0 Å². The molecule has 4 rings (SSSR count). The first-order valence-corrected chi connectivity index (χ1v) is 9.65. The van der Waals surface area contributed by atoms with Crippen molar-refractivity contribution in [1.82, 2.24) is 19.2 Å². The number of aromatic nitrogens is 3. The number of nitrogens with zero attached hydrogens (tertiary/aromatic N) is 4. The lowest BCUT2D eigenvalue weighted by molar-refractivity contribution is -0.134. The van der Waals surface area contributed by atoms with E-state index in [0.717, 1.165) is 42.8 Å². The second kappa shape index (κ2) is 7.21. The number of rotatable bonds is 5. The van der Waals surface area contributed by atoms with Crippen LogP contribution in [0, 0.1) is 6.92 Å². The molecule has 1 aromatic carbocycles. The maximum atomic E-state index is 12.5. The molecule has 0 atom stereocenters. The van der Waals surface area contributed by atoms with Gasteiger partial charge in [0.05, 0.1) is 0 Å². The third-order valence-electron chi connectivity index (χ3n) is 5.46. The first-order valence-electron chi connectivity index (χ1n) is 9.65. The van der Waals surface area contributed by atoms with Gasteiger partial charge in [-0.15, -0.1) is 0 Å². The van der Waals surface area contributed by atoms with Gasteiger partial charge in [0.15, 0.2) is 6.61 Å². The SMILES string of the molecule is Cc1cccc(OCC(=O)N2CCC(c3nn(C)c(=O)n3C3CC3)CC2)c1. The number of benzene rings is 1. The van der Waals surface area contributed by atoms with Crippen molar-refractivity contribution in [3.05, 3.63) is 46.1 Å². The van der Waals surface area contributed by atoms with Crippen LogP contribution < -0.4 is 10.4 Å². The molecule has 0 spiro atoms. The standard InChI is InChI=1S/C20H26N4O3/c1-14-4-3-5-17(12-14)27-13-18(25)23-10-8-15(9-11-23)19-21-22(2)20(26)24(19)16-6-7-16/h3-5,12,15-16H,6-11,13H2,1-2H3. The van der Waals surface area contributed by atoms with Gasteiger partial charge in [0.1, 0.15) is 11.6 Å². The van der Waals surface area contributed by atoms with Gasteiger partial charge in [-0.1, -0.05) is 12.1 Å². The third kappa shape index (κ3) is 3.77. The van der Waals surface area contributed by atoms with Crippen LogP contribution in [0.5, 0.6) is 5.75 Å². The first-order chi connectivity index (χ1) is 13.0. The lowest BCUT2D eigenvalue weighted by Gasteiger charge is -2.31. The Balaban J connectivity index is 1.34. The van der Waals surface area contributed by atoms with Crippen molar-refractivity contribution in [3.63, 3.8) is 0 Å². The Morgan fingerprint density at radius 2 is 1.96 bits per heavy atom. The van der Waals surface area contributed by atoms with Gasteiger partial charge >= 0.3 is 5.69 Å². The van der Waals surface area contributed by atoms with Crippen LogP contribution in [0.25, 0.3) is 0 Å². The number of hydrogen-bond donors (Lipinski definition) is 0. The first kappa shape index (κ1) is 17.8. The zero-order chi connectivity index (χ0) is 19.0. The number of ether oxygens (including phenoxy) is 1. The van der Waals surface area contributed by atoms with E-state index in [1.54, 1.807) is 7.05 Å². The Kier molecular flexibility index (Phi) is 4.76. The van der Waals surface area contributed by atoms with Crippen LogP contribution in [0.15, 0.2) is 29.1 Å². The third-order valence-corrected chi connectivity index (χ3v) is 5.46. The largest absolute Gasteiger partial charge is 0.484 e. The topological polar surface area (TPSA) is 69.4 Å². The predicted molar refractivity (Wildman–Crippen MR) is 101 cm³/mol. The smallest absolute Gasteiger partial charge is 0.345 e. The Morgan fingerprint density at radius 3 is 2.63 bits per heavy atom. The molecule has 1 aromatic heterocycles. The number of piperidine rings is 1. The lowest BCUT2D eigenvalue weighted by Crippen LogP contribution is -2.41. The average Bonchev–Trinajstić information content (AvgIpc) is 3.46. The van der Waals surface area contributed by atoms with Crippen molar-refractivity contribution in [1.29, 1.82) is 0 Å². The fraction of sp³-hybridized carbons (Fsp3) is 0.550. The van der Waals surface area contributed by atoms with Crippen LogP contribution in [0.3, 0.4) is 0 Å². The second-order valence-electron chi connectivity index (χ2n) is 7.63. The van der Waals surface area contributed by atoms with Crippen molar-refractivity contribution in [3.8, 4) is 5.75 Å². The summed E-state index contributed by atoms with van der Waals surface area (Å²) < 4.78 is 8.96. The van der Waals surface area contributed by atoms with Crippen LogP contribution in [0.1, 0.15) is 49.0 Å². The number of carbonyl (C=O) groups excluding carboxylic acids is 1. The van der Waals surface area contributed by atoms with Crippen molar-refractivity contribution in [2.45, 2.75) is 44.6 Å². The van der Waals surface area contributed by atoms with E-state index in [1.807, 2.05) is 40.7 Å². The highest BCUT2D eigenvalue weighted by Gasteiger charge is 2.34. The fourth-order valence-electron chi connectivity index (χ4n) is 3.78. The highest BCUT2D eigenvalue weighted by Crippen LogP contribution is 2.37. The van der Waals surface area contributed by atoms with Crippen molar-refractivity contribution in [2.75, 3.05) is 19.7 Å². The number of likely N-dealkylation sites (tertiary alicyclic amines) is 1. The molecule has 2 heterocycles. The highest BCUT2D eigenvalue weighted by molar-refractivity contribution is 5.77. The molecule has 2 aromatic rings. The number of carbonyl (C=O) groups is 1. The molecule has 1 saturated carbocycles. The van der Waals surface area contributed by atoms with Crippen molar-refractivity contribution < 1.29 is 9.53 Å². The number of amides is 1. The van der Waals surface area contributed by atoms with E-state index < -0.39 is 0 Å². The van der Waals surface area contributed by atoms with E-state index in [1.165, 1.54) is 4.68 Å². The zero-order valence-electron chi connectivity index (χ0n) is 15.9. The molecule has 1 amide bonds. The Labute approximate surface area is 158 Å². The summed E-state index contributed by atoms with van der Waals surface area (Å²) in [6, 6.07) is 8.04. The molecule has 2 fully saturated rings. The molecule has 7 nitrogen and oxygen atoms in total. The fourth-order valence-corrected chi connectivity index (χ4v) is 3.78. The van der Waals surface area contributed by atoms with Gasteiger partial charge in [0.25, 0.3) is 5.91 Å². The van der Waals surface area contributed by atoms with Gasteiger partial charge in [-0.3, -0.25) is 9.36 Å². The maximum Gasteiger partial charge on any atom is 0.345 e. The predicted octanol–water partition coefficient (Wildman–Crippen LogP) is 2.01. The molecule has 7 heteroatoms. The van der Waals surface area contributed by atoms with Crippen LogP contribution in [0.4, 0.5) is 0 Å². The summed E-state index contributed by atoms with van der Waals surface area (Å²) in [4.78, 5) is 26.6. The minimum Gasteiger partial charge on any atom is -0.484 e. The van der Waals surface area contributed by atoms with Crippen LogP contribution in [0.2, 0.25) is 0 Å². The summed E-state index contributed by atoms with van der Waals surface area (Å²) in [6.45, 7) is 3.41. The van der Waals surface area contributed by atoms with E-state index in [-0.39, 0.29) is 24.1 Å². The minimum atomic E-state index is -0.0161. The summed E-state index contributed by atoms with van der Waals surface area (Å²) >= 11 is 0. The molecule has 1 aliphatic heterocycles. The van der Waals surface area contributed by atoms with Gasteiger partial charge in [-0.25, -0.2) is 9.48 Å². The highest BCUT2D eigenvalue weighted by atomic mass is 16.5. The normalized spacial score (nSPS) is 17.9.